The Morgan fingerprint density at radius 1 is 1.42 bits per heavy atom. The number of aryl methyl sites for hydroxylation is 1. The van der Waals surface area contributed by atoms with Gasteiger partial charge in [-0.15, -0.1) is 0 Å². The molecule has 2 rings (SSSR count). The van der Waals surface area contributed by atoms with Gasteiger partial charge in [-0.3, -0.25) is 14.3 Å². The molecule has 0 aliphatic heterocycles. The second kappa shape index (κ2) is 4.54. The standard InChI is InChI=1S/C11H17N5O3/c1-6(17)5-16-7-8(12-10(16)14(2)3)15(4)11(19)13-9(7)18/h6,17H,5H2,1-4H3,(H,13,18,19)/t6-/m0/s1. The molecule has 0 saturated carbocycles. The van der Waals surface area contributed by atoms with Crippen LogP contribution in [0, 0.1) is 0 Å². The zero-order chi connectivity index (χ0) is 14.3. The number of aromatic nitrogens is 4. The summed E-state index contributed by atoms with van der Waals surface area (Å²) in [7, 11) is 5.11. The van der Waals surface area contributed by atoms with Gasteiger partial charge >= 0.3 is 5.69 Å². The second-order valence-electron chi connectivity index (χ2n) is 4.76. The number of H-pyrrole nitrogens is 1. The third-order valence-corrected chi connectivity index (χ3v) is 2.83. The van der Waals surface area contributed by atoms with Crippen LogP contribution < -0.4 is 16.1 Å². The first-order chi connectivity index (χ1) is 8.82. The van der Waals surface area contributed by atoms with Crippen LogP contribution >= 0.6 is 0 Å². The number of fused-ring (bicyclic) bond motifs is 1. The zero-order valence-electron chi connectivity index (χ0n) is 11.3. The molecule has 1 atom stereocenters. The van der Waals surface area contributed by atoms with E-state index in [2.05, 4.69) is 9.97 Å². The fraction of sp³-hybridized carbons (Fsp3) is 0.545. The Morgan fingerprint density at radius 3 is 2.58 bits per heavy atom. The molecule has 0 unspecified atom stereocenters. The van der Waals surface area contributed by atoms with Crippen molar-refractivity contribution in [3.63, 3.8) is 0 Å². The van der Waals surface area contributed by atoms with E-state index in [0.29, 0.717) is 11.6 Å². The van der Waals surface area contributed by atoms with E-state index in [0.717, 1.165) is 0 Å². The molecule has 2 heterocycles. The van der Waals surface area contributed by atoms with Crippen molar-refractivity contribution < 1.29 is 5.11 Å². The lowest BCUT2D eigenvalue weighted by Gasteiger charge is -2.15. The SMILES string of the molecule is C[C@H](O)Cn1c(N(C)C)nc2c1c(=O)[nH]c(=O)n2C. The number of imidazole rings is 1. The number of aliphatic hydroxyl groups excluding tert-OH is 1. The van der Waals surface area contributed by atoms with Crippen LogP contribution in [0.15, 0.2) is 9.59 Å². The Hall–Kier alpha value is -2.09. The van der Waals surface area contributed by atoms with Gasteiger partial charge in [0, 0.05) is 21.1 Å². The summed E-state index contributed by atoms with van der Waals surface area (Å²) in [5.74, 6) is 0.516. The van der Waals surface area contributed by atoms with Gasteiger partial charge in [0.25, 0.3) is 5.56 Å². The van der Waals surface area contributed by atoms with Crippen molar-refractivity contribution >= 4 is 17.1 Å². The Labute approximate surface area is 108 Å². The summed E-state index contributed by atoms with van der Waals surface area (Å²) < 4.78 is 2.89. The minimum absolute atomic E-state index is 0.227. The van der Waals surface area contributed by atoms with E-state index in [4.69, 9.17) is 0 Å². The average molecular weight is 267 g/mol. The lowest BCUT2D eigenvalue weighted by Crippen LogP contribution is -2.30. The van der Waals surface area contributed by atoms with Crippen LogP contribution in [0.25, 0.3) is 11.2 Å². The number of rotatable bonds is 3. The third kappa shape index (κ3) is 2.14. The summed E-state index contributed by atoms with van der Waals surface area (Å²) in [6.07, 6.45) is -0.632. The van der Waals surface area contributed by atoms with E-state index in [1.54, 1.807) is 37.5 Å². The topological polar surface area (TPSA) is 96.2 Å². The quantitative estimate of drug-likeness (QED) is 0.733. The van der Waals surface area contributed by atoms with E-state index in [1.165, 1.54) is 4.57 Å². The molecule has 0 aromatic carbocycles. The number of hydrogen-bond donors (Lipinski definition) is 2. The molecular weight excluding hydrogens is 250 g/mol. The van der Waals surface area contributed by atoms with Crippen molar-refractivity contribution in [1.82, 2.24) is 19.1 Å². The van der Waals surface area contributed by atoms with Gasteiger partial charge in [-0.05, 0) is 6.92 Å². The van der Waals surface area contributed by atoms with Gasteiger partial charge in [-0.1, -0.05) is 0 Å². The summed E-state index contributed by atoms with van der Waals surface area (Å²) in [6, 6.07) is 0. The molecule has 19 heavy (non-hydrogen) atoms. The maximum Gasteiger partial charge on any atom is 0.329 e. The van der Waals surface area contributed by atoms with Crippen molar-refractivity contribution in [1.29, 1.82) is 0 Å². The highest BCUT2D eigenvalue weighted by Crippen LogP contribution is 2.17. The maximum atomic E-state index is 12.0. The van der Waals surface area contributed by atoms with Gasteiger partial charge in [-0.25, -0.2) is 4.79 Å². The van der Waals surface area contributed by atoms with Crippen molar-refractivity contribution in [3.8, 4) is 0 Å². The van der Waals surface area contributed by atoms with Crippen LogP contribution in [0.3, 0.4) is 0 Å². The lowest BCUT2D eigenvalue weighted by molar-refractivity contribution is 0.175. The highest BCUT2D eigenvalue weighted by atomic mass is 16.3. The fourth-order valence-electron chi connectivity index (χ4n) is 2.00. The first-order valence-corrected chi connectivity index (χ1v) is 5.88. The van der Waals surface area contributed by atoms with E-state index >= 15 is 0 Å². The van der Waals surface area contributed by atoms with E-state index in [-0.39, 0.29) is 12.1 Å². The van der Waals surface area contributed by atoms with Gasteiger partial charge in [0.15, 0.2) is 11.2 Å². The van der Waals surface area contributed by atoms with Crippen LogP contribution in [0.2, 0.25) is 0 Å². The van der Waals surface area contributed by atoms with Crippen LogP contribution in [-0.2, 0) is 13.6 Å². The van der Waals surface area contributed by atoms with Crippen LogP contribution in [0.4, 0.5) is 5.95 Å². The van der Waals surface area contributed by atoms with Crippen molar-refractivity contribution in [2.24, 2.45) is 7.05 Å². The Bertz CT molecular complexity index is 722. The van der Waals surface area contributed by atoms with Crippen molar-refractivity contribution in [3.05, 3.63) is 20.8 Å². The molecule has 0 radical (unpaired) electrons. The predicted octanol–water partition coefficient (Wildman–Crippen LogP) is -1.13. The van der Waals surface area contributed by atoms with E-state index in [9.17, 15) is 14.7 Å². The minimum Gasteiger partial charge on any atom is -0.392 e. The number of aliphatic hydroxyl groups is 1. The number of aromatic amines is 1. The first-order valence-electron chi connectivity index (χ1n) is 5.88. The normalized spacial score (nSPS) is 12.9. The monoisotopic (exact) mass is 267 g/mol. The molecule has 0 spiro atoms. The highest BCUT2D eigenvalue weighted by Gasteiger charge is 2.19. The molecule has 0 aliphatic carbocycles. The summed E-state index contributed by atoms with van der Waals surface area (Å²) in [4.78, 5) is 31.8. The molecule has 0 aliphatic rings. The molecule has 8 nitrogen and oxygen atoms in total. The van der Waals surface area contributed by atoms with Crippen LogP contribution in [-0.4, -0.2) is 44.4 Å². The number of nitrogens with zero attached hydrogens (tertiary/aromatic N) is 4. The van der Waals surface area contributed by atoms with E-state index < -0.39 is 17.4 Å². The predicted molar refractivity (Wildman–Crippen MR) is 71.6 cm³/mol. The maximum absolute atomic E-state index is 12.0. The molecule has 0 bridgehead atoms. The minimum atomic E-state index is -0.632. The number of nitrogens with one attached hydrogen (secondary N) is 1. The molecule has 8 heteroatoms. The third-order valence-electron chi connectivity index (χ3n) is 2.83. The zero-order valence-corrected chi connectivity index (χ0v) is 11.3. The molecule has 2 aromatic heterocycles. The molecular formula is C11H17N5O3. The van der Waals surface area contributed by atoms with Gasteiger partial charge in [0.2, 0.25) is 5.95 Å². The highest BCUT2D eigenvalue weighted by molar-refractivity contribution is 5.74. The fourth-order valence-corrected chi connectivity index (χ4v) is 2.00. The van der Waals surface area contributed by atoms with Gasteiger partial charge in [0.05, 0.1) is 12.6 Å². The Kier molecular flexibility index (Phi) is 3.19. The summed E-state index contributed by atoms with van der Waals surface area (Å²) in [6.45, 7) is 1.85. The Morgan fingerprint density at radius 2 is 2.05 bits per heavy atom. The second-order valence-corrected chi connectivity index (χ2v) is 4.76. The van der Waals surface area contributed by atoms with Crippen LogP contribution in [0.5, 0.6) is 0 Å². The molecule has 0 fully saturated rings. The molecule has 104 valence electrons. The molecule has 2 aromatic rings. The van der Waals surface area contributed by atoms with E-state index in [1.807, 2.05) is 0 Å². The number of anilines is 1. The van der Waals surface area contributed by atoms with Gasteiger partial charge < -0.3 is 14.6 Å². The molecule has 0 saturated heterocycles. The lowest BCUT2D eigenvalue weighted by atomic mass is 10.4. The smallest absolute Gasteiger partial charge is 0.329 e. The van der Waals surface area contributed by atoms with Gasteiger partial charge in [-0.2, -0.15) is 4.98 Å². The largest absolute Gasteiger partial charge is 0.392 e. The molecule has 2 N–H and O–H groups in total. The number of hydrogen-bond acceptors (Lipinski definition) is 5. The van der Waals surface area contributed by atoms with Crippen molar-refractivity contribution in [2.45, 2.75) is 19.6 Å². The summed E-state index contributed by atoms with van der Waals surface area (Å²) in [5, 5.41) is 9.56. The first kappa shape index (κ1) is 13.3. The average Bonchev–Trinajstić information content (AvgIpc) is 2.65. The molecule has 0 amide bonds. The van der Waals surface area contributed by atoms with Gasteiger partial charge in [0.1, 0.15) is 0 Å². The summed E-state index contributed by atoms with van der Waals surface area (Å²) in [5.41, 5.74) is -0.423. The van der Waals surface area contributed by atoms with Crippen LogP contribution in [0.1, 0.15) is 6.92 Å². The summed E-state index contributed by atoms with van der Waals surface area (Å²) >= 11 is 0. The van der Waals surface area contributed by atoms with Crippen molar-refractivity contribution in [2.75, 3.05) is 19.0 Å². The Balaban J connectivity index is 2.90.